The second-order valence-corrected chi connectivity index (χ2v) is 16.6. The van der Waals surface area contributed by atoms with Crippen LogP contribution in [0, 0.1) is 0 Å². The number of allylic oxidation sites excluding steroid dienone is 2. The van der Waals surface area contributed by atoms with E-state index >= 15 is 0 Å². The van der Waals surface area contributed by atoms with Crippen LogP contribution in [0.4, 0.5) is 0 Å². The van der Waals surface area contributed by atoms with Gasteiger partial charge in [0.05, 0.1) is 6.61 Å². The number of aliphatic hydroxyl groups excluding tert-OH is 5. The van der Waals surface area contributed by atoms with Gasteiger partial charge in [-0.1, -0.05) is 148 Å². The zero-order valence-corrected chi connectivity index (χ0v) is 34.9. The van der Waals surface area contributed by atoms with E-state index in [1.165, 1.54) is 83.5 Å². The van der Waals surface area contributed by atoms with Gasteiger partial charge in [-0.2, -0.15) is 0 Å². The highest BCUT2D eigenvalue weighted by molar-refractivity contribution is 7.47. The minimum atomic E-state index is -5.11. The summed E-state index contributed by atoms with van der Waals surface area (Å²) in [5.74, 6) is -1.10. The molecular weight excluding hydrogens is 731 g/mol. The maximum Gasteiger partial charge on any atom is 0.472 e. The first-order valence-corrected chi connectivity index (χ1v) is 23.0. The molecule has 1 aliphatic rings. The molecule has 1 saturated carbocycles. The topological polar surface area (TPSA) is 210 Å². The highest BCUT2D eigenvalue weighted by Crippen LogP contribution is 2.47. The molecule has 0 bridgehead atoms. The number of esters is 2. The summed E-state index contributed by atoms with van der Waals surface area (Å²) in [4.78, 5) is 35.5. The van der Waals surface area contributed by atoms with E-state index in [1.54, 1.807) is 0 Å². The third-order valence-electron chi connectivity index (χ3n) is 10.1. The molecule has 0 aromatic heterocycles. The van der Waals surface area contributed by atoms with Gasteiger partial charge in [-0.3, -0.25) is 18.6 Å². The number of phosphoric acid groups is 1. The molecule has 0 spiro atoms. The van der Waals surface area contributed by atoms with Gasteiger partial charge in [-0.05, 0) is 32.1 Å². The smallest absolute Gasteiger partial charge is 0.462 e. The van der Waals surface area contributed by atoms with Crippen molar-refractivity contribution in [2.45, 2.75) is 224 Å². The monoisotopic (exact) mass is 809 g/mol. The highest BCUT2D eigenvalue weighted by Gasteiger charge is 2.51. The quantitative estimate of drug-likeness (QED) is 0.0159. The summed E-state index contributed by atoms with van der Waals surface area (Å²) in [5.41, 5.74) is 0. The predicted octanol–water partition coefficient (Wildman–Crippen LogP) is 7.50. The van der Waals surface area contributed by atoms with E-state index in [2.05, 4.69) is 26.0 Å². The Hall–Kier alpha value is -1.41. The summed E-state index contributed by atoms with van der Waals surface area (Å²) in [6.07, 6.45) is 18.5. The fraction of sp³-hybridized carbons (Fsp3) is 0.902. The molecule has 0 aromatic carbocycles. The Morgan fingerprint density at radius 3 is 1.44 bits per heavy atom. The second kappa shape index (κ2) is 32.5. The zero-order chi connectivity index (χ0) is 40.7. The maximum atomic E-state index is 12.8. The lowest BCUT2D eigenvalue weighted by atomic mass is 9.85. The van der Waals surface area contributed by atoms with Crippen LogP contribution >= 0.6 is 7.82 Å². The van der Waals surface area contributed by atoms with Crippen molar-refractivity contribution in [3.63, 3.8) is 0 Å². The predicted molar refractivity (Wildman–Crippen MR) is 212 cm³/mol. The van der Waals surface area contributed by atoms with Gasteiger partial charge in [0, 0.05) is 12.8 Å². The standard InChI is InChI=1S/C41H77O13P/c1-3-5-7-9-11-13-15-16-17-18-20-21-23-25-27-29-34(42)51-31-33(53-35(43)30-28-26-24-22-19-14-12-10-8-6-4-2)32-52-55(49,50)54-41-39(47)37(45)36(44)38(46)40(41)48/h10,12,33,36-41,44-48H,3-9,11,13-32H2,1-2H3,(H,49,50)/b12-10-. The van der Waals surface area contributed by atoms with Gasteiger partial charge in [0.15, 0.2) is 6.10 Å². The third kappa shape index (κ3) is 25.5. The van der Waals surface area contributed by atoms with Gasteiger partial charge < -0.3 is 39.9 Å². The van der Waals surface area contributed by atoms with Crippen LogP contribution in [0.2, 0.25) is 0 Å². The van der Waals surface area contributed by atoms with Gasteiger partial charge in [0.25, 0.3) is 0 Å². The summed E-state index contributed by atoms with van der Waals surface area (Å²) >= 11 is 0. The molecule has 1 fully saturated rings. The van der Waals surface area contributed by atoms with Crippen molar-refractivity contribution < 1.29 is 63.1 Å². The van der Waals surface area contributed by atoms with Gasteiger partial charge in [-0.25, -0.2) is 4.57 Å². The van der Waals surface area contributed by atoms with E-state index < -0.39 is 75.7 Å². The fourth-order valence-corrected chi connectivity index (χ4v) is 7.53. The summed E-state index contributed by atoms with van der Waals surface area (Å²) < 4.78 is 33.4. The van der Waals surface area contributed by atoms with Crippen LogP contribution in [0.5, 0.6) is 0 Å². The number of carbonyl (C=O) groups excluding carboxylic acids is 2. The Bertz CT molecular complexity index is 1030. The molecule has 6 atom stereocenters. The van der Waals surface area contributed by atoms with E-state index in [4.69, 9.17) is 18.5 Å². The first-order valence-electron chi connectivity index (χ1n) is 21.5. The van der Waals surface area contributed by atoms with E-state index in [-0.39, 0.29) is 12.8 Å². The molecule has 6 N–H and O–H groups in total. The van der Waals surface area contributed by atoms with Crippen LogP contribution in [0.25, 0.3) is 0 Å². The summed E-state index contributed by atoms with van der Waals surface area (Å²) in [5, 5.41) is 50.0. The summed E-state index contributed by atoms with van der Waals surface area (Å²) in [6, 6.07) is 0. The number of carbonyl (C=O) groups is 2. The van der Waals surface area contributed by atoms with Gasteiger partial charge in [-0.15, -0.1) is 0 Å². The molecular formula is C41H77O13P. The summed E-state index contributed by atoms with van der Waals surface area (Å²) in [6.45, 7) is 3.24. The highest BCUT2D eigenvalue weighted by atomic mass is 31.2. The fourth-order valence-electron chi connectivity index (χ4n) is 6.56. The Balaban J connectivity index is 2.48. The lowest BCUT2D eigenvalue weighted by molar-refractivity contribution is -0.220. The van der Waals surface area contributed by atoms with Gasteiger partial charge in [0.2, 0.25) is 0 Å². The molecule has 0 aliphatic heterocycles. The molecule has 6 unspecified atom stereocenters. The molecule has 13 nitrogen and oxygen atoms in total. The van der Waals surface area contributed by atoms with Crippen LogP contribution in [-0.2, 0) is 32.7 Å². The second-order valence-electron chi connectivity index (χ2n) is 15.2. The molecule has 1 aliphatic carbocycles. The molecule has 1 rings (SSSR count). The van der Waals surface area contributed by atoms with Crippen molar-refractivity contribution in [2.75, 3.05) is 13.2 Å². The van der Waals surface area contributed by atoms with Crippen molar-refractivity contribution in [2.24, 2.45) is 0 Å². The van der Waals surface area contributed by atoms with Gasteiger partial charge in [0.1, 0.15) is 43.2 Å². The Morgan fingerprint density at radius 2 is 0.945 bits per heavy atom. The minimum absolute atomic E-state index is 0.0896. The first kappa shape index (κ1) is 51.6. The Kier molecular flexibility index (Phi) is 30.5. The maximum absolute atomic E-state index is 12.8. The van der Waals surface area contributed by atoms with Crippen LogP contribution in [0.3, 0.4) is 0 Å². The Labute approximate surface area is 331 Å². The van der Waals surface area contributed by atoms with Crippen LogP contribution in [0.1, 0.15) is 181 Å². The molecule has 0 heterocycles. The number of aliphatic hydroxyl groups is 5. The zero-order valence-electron chi connectivity index (χ0n) is 34.0. The molecule has 0 aromatic rings. The molecule has 14 heteroatoms. The van der Waals surface area contributed by atoms with Crippen molar-refractivity contribution in [1.29, 1.82) is 0 Å². The van der Waals surface area contributed by atoms with Crippen molar-refractivity contribution >= 4 is 19.8 Å². The van der Waals surface area contributed by atoms with Crippen LogP contribution in [0.15, 0.2) is 12.2 Å². The van der Waals surface area contributed by atoms with Crippen LogP contribution in [-0.4, -0.2) is 98.3 Å². The van der Waals surface area contributed by atoms with E-state index in [1.807, 2.05) is 0 Å². The van der Waals surface area contributed by atoms with Crippen molar-refractivity contribution in [1.82, 2.24) is 0 Å². The molecule has 0 radical (unpaired) electrons. The molecule has 55 heavy (non-hydrogen) atoms. The first-order chi connectivity index (χ1) is 26.4. The number of hydrogen-bond donors (Lipinski definition) is 6. The summed E-state index contributed by atoms with van der Waals surface area (Å²) in [7, 11) is -5.11. The van der Waals surface area contributed by atoms with Crippen LogP contribution < -0.4 is 0 Å². The number of hydrogen-bond acceptors (Lipinski definition) is 12. The van der Waals surface area contributed by atoms with E-state index in [9.17, 15) is 44.6 Å². The van der Waals surface area contributed by atoms with E-state index in [0.29, 0.717) is 12.8 Å². The van der Waals surface area contributed by atoms with E-state index in [0.717, 1.165) is 57.8 Å². The molecule has 324 valence electrons. The lowest BCUT2D eigenvalue weighted by Crippen LogP contribution is -2.64. The third-order valence-corrected chi connectivity index (χ3v) is 11.1. The SMILES string of the molecule is CCCC/C=C\CCCCCCCC(=O)OC(COC(=O)CCCCCCCCCCCCCCCCC)COP(=O)(O)OC1C(O)C(O)C(O)C(O)C1O. The molecule has 0 saturated heterocycles. The number of ether oxygens (including phenoxy) is 2. The minimum Gasteiger partial charge on any atom is -0.462 e. The number of rotatable bonds is 35. The van der Waals surface area contributed by atoms with Crippen molar-refractivity contribution in [3.05, 3.63) is 12.2 Å². The Morgan fingerprint density at radius 1 is 0.545 bits per heavy atom. The lowest BCUT2D eigenvalue weighted by Gasteiger charge is -2.41. The average Bonchev–Trinajstić information content (AvgIpc) is 3.16. The molecule has 0 amide bonds. The average molecular weight is 809 g/mol. The largest absolute Gasteiger partial charge is 0.472 e. The van der Waals surface area contributed by atoms with Crippen molar-refractivity contribution in [3.8, 4) is 0 Å². The number of unbranched alkanes of at least 4 members (excludes halogenated alkanes) is 21. The van der Waals surface area contributed by atoms with Gasteiger partial charge >= 0.3 is 19.8 Å². The number of phosphoric ester groups is 1. The normalized spacial score (nSPS) is 23.1.